The van der Waals surface area contributed by atoms with Crippen LogP contribution in [-0.4, -0.2) is 40.0 Å². The minimum Gasteiger partial charge on any atom is -0.497 e. The predicted octanol–water partition coefficient (Wildman–Crippen LogP) is 1.84. The second kappa shape index (κ2) is 9.88. The number of benzene rings is 1. The van der Waals surface area contributed by atoms with E-state index in [0.717, 1.165) is 37.6 Å². The topological polar surface area (TPSA) is 39.7 Å². The first-order valence-corrected chi connectivity index (χ1v) is 6.36. The minimum atomic E-state index is 0.615. The highest BCUT2D eigenvalue weighted by molar-refractivity contribution is 5.27. The van der Waals surface area contributed by atoms with Crippen molar-refractivity contribution < 1.29 is 14.2 Å². The molecule has 4 heteroatoms. The number of hydrogen-bond donors (Lipinski definition) is 1. The molecule has 0 aliphatic rings. The quantitative estimate of drug-likeness (QED) is 0.646. The van der Waals surface area contributed by atoms with Crippen molar-refractivity contribution in [1.82, 2.24) is 5.32 Å². The first-order chi connectivity index (χ1) is 8.86. The Kier molecular flexibility index (Phi) is 8.21. The van der Waals surface area contributed by atoms with Crippen molar-refractivity contribution in [3.63, 3.8) is 0 Å². The van der Waals surface area contributed by atoms with Crippen molar-refractivity contribution in [2.45, 2.75) is 13.5 Å². The zero-order chi connectivity index (χ0) is 13.1. The molecule has 0 heterocycles. The van der Waals surface area contributed by atoms with Gasteiger partial charge in [-0.05, 0) is 24.6 Å². The van der Waals surface area contributed by atoms with Crippen LogP contribution in [0.2, 0.25) is 0 Å². The Bertz CT molecular complexity index is 318. The number of nitrogens with one attached hydrogen (secondary N) is 1. The van der Waals surface area contributed by atoms with Crippen molar-refractivity contribution in [2.75, 3.05) is 40.0 Å². The smallest absolute Gasteiger partial charge is 0.119 e. The van der Waals surface area contributed by atoms with Gasteiger partial charge < -0.3 is 19.5 Å². The summed E-state index contributed by atoms with van der Waals surface area (Å²) in [4.78, 5) is 0. The summed E-state index contributed by atoms with van der Waals surface area (Å²) in [5.74, 6) is 0.867. The molecule has 0 fully saturated rings. The summed E-state index contributed by atoms with van der Waals surface area (Å²) in [6, 6.07) is 7.92. The lowest BCUT2D eigenvalue weighted by atomic mass is 10.2. The summed E-state index contributed by atoms with van der Waals surface area (Å²) in [5.41, 5.74) is 1.13. The first kappa shape index (κ1) is 15.0. The molecule has 0 radical (unpaired) electrons. The summed E-state index contributed by atoms with van der Waals surface area (Å²) in [6.45, 7) is 6.55. The lowest BCUT2D eigenvalue weighted by Gasteiger charge is -2.07. The van der Waals surface area contributed by atoms with Crippen molar-refractivity contribution in [2.24, 2.45) is 0 Å². The summed E-state index contributed by atoms with van der Waals surface area (Å²) in [7, 11) is 1.67. The molecule has 102 valence electrons. The van der Waals surface area contributed by atoms with Crippen LogP contribution in [0.3, 0.4) is 0 Å². The lowest BCUT2D eigenvalue weighted by Crippen LogP contribution is -2.24. The molecular weight excluding hydrogens is 230 g/mol. The van der Waals surface area contributed by atoms with E-state index in [1.165, 1.54) is 0 Å². The fourth-order valence-corrected chi connectivity index (χ4v) is 1.51. The number of hydrogen-bond acceptors (Lipinski definition) is 4. The van der Waals surface area contributed by atoms with Crippen LogP contribution < -0.4 is 10.1 Å². The normalized spacial score (nSPS) is 10.6. The molecule has 1 N–H and O–H groups in total. The van der Waals surface area contributed by atoms with Crippen LogP contribution >= 0.6 is 0 Å². The minimum absolute atomic E-state index is 0.615. The fraction of sp³-hybridized carbons (Fsp3) is 0.571. The summed E-state index contributed by atoms with van der Waals surface area (Å²) < 4.78 is 15.9. The predicted molar refractivity (Wildman–Crippen MR) is 72.0 cm³/mol. The second-order valence-electron chi connectivity index (χ2n) is 3.85. The van der Waals surface area contributed by atoms with E-state index in [9.17, 15) is 0 Å². The highest BCUT2D eigenvalue weighted by Gasteiger charge is 1.96. The maximum Gasteiger partial charge on any atom is 0.119 e. The maximum absolute atomic E-state index is 5.57. The van der Waals surface area contributed by atoms with E-state index < -0.39 is 0 Å². The van der Waals surface area contributed by atoms with E-state index in [2.05, 4.69) is 5.32 Å². The molecule has 0 saturated carbocycles. The van der Waals surface area contributed by atoms with E-state index in [4.69, 9.17) is 14.2 Å². The molecule has 18 heavy (non-hydrogen) atoms. The molecular formula is C14H23NO3. The van der Waals surface area contributed by atoms with Gasteiger partial charge in [-0.1, -0.05) is 12.1 Å². The van der Waals surface area contributed by atoms with Crippen molar-refractivity contribution in [3.8, 4) is 5.75 Å². The summed E-state index contributed by atoms with van der Waals surface area (Å²) >= 11 is 0. The van der Waals surface area contributed by atoms with Crippen LogP contribution in [0.15, 0.2) is 24.3 Å². The van der Waals surface area contributed by atoms with Gasteiger partial charge in [0.2, 0.25) is 0 Å². The molecule has 0 amide bonds. The third-order valence-corrected chi connectivity index (χ3v) is 2.45. The van der Waals surface area contributed by atoms with Crippen LogP contribution in [0, 0.1) is 0 Å². The largest absolute Gasteiger partial charge is 0.497 e. The van der Waals surface area contributed by atoms with Gasteiger partial charge in [-0.15, -0.1) is 0 Å². The Morgan fingerprint density at radius 3 is 2.61 bits per heavy atom. The maximum atomic E-state index is 5.57. The number of ether oxygens (including phenoxy) is 3. The van der Waals surface area contributed by atoms with Gasteiger partial charge in [0.05, 0.1) is 26.9 Å². The molecule has 0 aliphatic carbocycles. The van der Waals surface area contributed by atoms with Gasteiger partial charge in [-0.3, -0.25) is 0 Å². The van der Waals surface area contributed by atoms with Gasteiger partial charge in [0.1, 0.15) is 5.75 Å². The van der Waals surface area contributed by atoms with Crippen LogP contribution in [0.4, 0.5) is 0 Å². The average Bonchev–Trinajstić information content (AvgIpc) is 2.42. The second-order valence-corrected chi connectivity index (χ2v) is 3.85. The molecule has 1 rings (SSSR count). The number of methoxy groups -OCH3 is 1. The van der Waals surface area contributed by atoms with Crippen molar-refractivity contribution in [1.29, 1.82) is 0 Å². The van der Waals surface area contributed by atoms with E-state index in [-0.39, 0.29) is 0 Å². The molecule has 0 unspecified atom stereocenters. The Morgan fingerprint density at radius 1 is 1.11 bits per heavy atom. The highest BCUT2D eigenvalue weighted by atomic mass is 16.5. The Balaban J connectivity index is 2.03. The molecule has 0 aliphatic heterocycles. The van der Waals surface area contributed by atoms with Crippen LogP contribution in [-0.2, 0) is 16.1 Å². The van der Waals surface area contributed by atoms with Crippen LogP contribution in [0.1, 0.15) is 12.5 Å². The van der Waals surface area contributed by atoms with Gasteiger partial charge in [0.25, 0.3) is 0 Å². The zero-order valence-electron chi connectivity index (χ0n) is 11.3. The molecule has 1 aromatic carbocycles. The molecule has 0 bridgehead atoms. The molecule has 0 saturated heterocycles. The van der Waals surface area contributed by atoms with E-state index in [1.54, 1.807) is 7.11 Å². The van der Waals surface area contributed by atoms with Crippen molar-refractivity contribution in [3.05, 3.63) is 29.8 Å². The Labute approximate surface area is 109 Å². The third kappa shape index (κ3) is 6.59. The SMILES string of the molecule is CCOCCNCCOCc1cccc(OC)c1. The molecule has 0 spiro atoms. The molecule has 1 aromatic rings. The Hall–Kier alpha value is -1.10. The monoisotopic (exact) mass is 253 g/mol. The van der Waals surface area contributed by atoms with Crippen LogP contribution in [0.5, 0.6) is 5.75 Å². The first-order valence-electron chi connectivity index (χ1n) is 6.36. The molecule has 4 nitrogen and oxygen atoms in total. The van der Waals surface area contributed by atoms with E-state index >= 15 is 0 Å². The van der Waals surface area contributed by atoms with Crippen LogP contribution in [0.25, 0.3) is 0 Å². The fourth-order valence-electron chi connectivity index (χ4n) is 1.51. The van der Waals surface area contributed by atoms with Gasteiger partial charge in [0.15, 0.2) is 0 Å². The average molecular weight is 253 g/mol. The standard InChI is InChI=1S/C14H23NO3/c1-3-17-9-7-15-8-10-18-12-13-5-4-6-14(11-13)16-2/h4-6,11,15H,3,7-10,12H2,1-2H3. The lowest BCUT2D eigenvalue weighted by molar-refractivity contribution is 0.116. The van der Waals surface area contributed by atoms with Gasteiger partial charge in [-0.25, -0.2) is 0 Å². The highest BCUT2D eigenvalue weighted by Crippen LogP contribution is 2.12. The molecule has 0 aromatic heterocycles. The zero-order valence-corrected chi connectivity index (χ0v) is 11.3. The van der Waals surface area contributed by atoms with Crippen molar-refractivity contribution >= 4 is 0 Å². The van der Waals surface area contributed by atoms with E-state index in [0.29, 0.717) is 13.2 Å². The van der Waals surface area contributed by atoms with E-state index in [1.807, 2.05) is 31.2 Å². The third-order valence-electron chi connectivity index (χ3n) is 2.45. The number of rotatable bonds is 10. The molecule has 0 atom stereocenters. The summed E-state index contributed by atoms with van der Waals surface area (Å²) in [6.07, 6.45) is 0. The Morgan fingerprint density at radius 2 is 1.89 bits per heavy atom. The van der Waals surface area contributed by atoms with Gasteiger partial charge in [-0.2, -0.15) is 0 Å². The van der Waals surface area contributed by atoms with Gasteiger partial charge >= 0.3 is 0 Å². The summed E-state index contributed by atoms with van der Waals surface area (Å²) in [5, 5.41) is 3.25. The van der Waals surface area contributed by atoms with Gasteiger partial charge in [0, 0.05) is 19.7 Å².